The Morgan fingerprint density at radius 2 is 1.50 bits per heavy atom. The number of hydrogen-bond donors (Lipinski definition) is 2. The van der Waals surface area contributed by atoms with E-state index in [-0.39, 0.29) is 25.1 Å². The molecule has 5 rings (SSSR count). The molecule has 0 aliphatic carbocycles. The average molecular weight is 602 g/mol. The first-order valence-corrected chi connectivity index (χ1v) is 14.0. The van der Waals surface area contributed by atoms with Gasteiger partial charge in [0.05, 0.1) is 23.0 Å². The molecule has 0 aromatic heterocycles. The van der Waals surface area contributed by atoms with Crippen molar-refractivity contribution < 1.29 is 33.1 Å². The number of carbonyl (C=O) groups excluding carboxylic acids is 2. The monoisotopic (exact) mass is 601 g/mol. The second-order valence-corrected chi connectivity index (χ2v) is 10.4. The summed E-state index contributed by atoms with van der Waals surface area (Å²) in [6.07, 6.45) is -1.80. The molecule has 1 heterocycles. The van der Waals surface area contributed by atoms with Crippen LogP contribution in [0.3, 0.4) is 0 Å². The summed E-state index contributed by atoms with van der Waals surface area (Å²) in [5, 5.41) is 25.6. The first kappa shape index (κ1) is 30.3. The lowest BCUT2D eigenvalue weighted by atomic mass is 9.85. The summed E-state index contributed by atoms with van der Waals surface area (Å²) in [4.78, 5) is 39.4. The number of halogens is 2. The van der Waals surface area contributed by atoms with Crippen LogP contribution in [-0.4, -0.2) is 33.5 Å². The molecule has 1 saturated heterocycles. The lowest BCUT2D eigenvalue weighted by Gasteiger charge is -2.32. The molecule has 1 aliphatic rings. The van der Waals surface area contributed by atoms with Crippen LogP contribution in [0.4, 0.5) is 25.0 Å². The Bertz CT molecular complexity index is 1600. The highest BCUT2D eigenvalue weighted by molar-refractivity contribution is 5.95. The molecule has 0 radical (unpaired) electrons. The van der Waals surface area contributed by atoms with Crippen LogP contribution in [-0.2, 0) is 9.53 Å². The Morgan fingerprint density at radius 1 is 0.909 bits per heavy atom. The Labute approximate surface area is 251 Å². The number of nitrogens with one attached hydrogen (secondary N) is 1. The summed E-state index contributed by atoms with van der Waals surface area (Å²) in [6.45, 7) is -0.0485. The summed E-state index contributed by atoms with van der Waals surface area (Å²) < 4.78 is 32.6. The molecule has 44 heavy (non-hydrogen) atoms. The van der Waals surface area contributed by atoms with E-state index in [1.54, 1.807) is 24.3 Å². The zero-order valence-corrected chi connectivity index (χ0v) is 23.4. The summed E-state index contributed by atoms with van der Waals surface area (Å²) in [5.41, 5.74) is 1.92. The standard InChI is InChI=1S/C33H29F2N3O6/c34-24-10-6-22(7-11-24)30(39)19-18-28(32(40)37-29(20-44-33(37)41)21-4-2-1-3-5-21)31(36-26-14-12-25(35)13-15-26)23-8-16-27(17-9-23)38(42)43/h1-17,28-31,36,39H,18-20H2/t28-,29-,30+,31+/m1/s1. The molecule has 226 valence electrons. The molecule has 0 bridgehead atoms. The zero-order valence-electron chi connectivity index (χ0n) is 23.4. The molecular formula is C33H29F2N3O6. The number of carbonyl (C=O) groups is 2. The highest BCUT2D eigenvalue weighted by Crippen LogP contribution is 2.38. The number of nitro groups is 1. The van der Waals surface area contributed by atoms with Gasteiger partial charge in [-0.3, -0.25) is 14.9 Å². The topological polar surface area (TPSA) is 122 Å². The van der Waals surface area contributed by atoms with Gasteiger partial charge in [-0.15, -0.1) is 0 Å². The fourth-order valence-corrected chi connectivity index (χ4v) is 5.33. The smallest absolute Gasteiger partial charge is 0.417 e. The second-order valence-electron chi connectivity index (χ2n) is 10.4. The summed E-state index contributed by atoms with van der Waals surface area (Å²) in [5.74, 6) is -2.54. The molecule has 0 saturated carbocycles. The number of nitro benzene ring substituents is 1. The number of hydrogen-bond acceptors (Lipinski definition) is 7. The van der Waals surface area contributed by atoms with E-state index in [4.69, 9.17) is 4.74 Å². The minimum absolute atomic E-state index is 0.0402. The van der Waals surface area contributed by atoms with E-state index < -0.39 is 52.7 Å². The number of nitrogens with zero attached hydrogens (tertiary/aromatic N) is 2. The van der Waals surface area contributed by atoms with E-state index in [0.717, 1.165) is 4.90 Å². The van der Waals surface area contributed by atoms with Gasteiger partial charge in [0.2, 0.25) is 5.91 Å². The van der Waals surface area contributed by atoms with Crippen molar-refractivity contribution in [2.24, 2.45) is 5.92 Å². The van der Waals surface area contributed by atoms with Gasteiger partial charge < -0.3 is 15.2 Å². The molecule has 0 unspecified atom stereocenters. The van der Waals surface area contributed by atoms with Gasteiger partial charge in [-0.25, -0.2) is 18.5 Å². The Balaban J connectivity index is 1.55. The molecular weight excluding hydrogens is 572 g/mol. The van der Waals surface area contributed by atoms with Gasteiger partial charge in [0, 0.05) is 17.8 Å². The molecule has 2 N–H and O–H groups in total. The van der Waals surface area contributed by atoms with Crippen LogP contribution in [0.2, 0.25) is 0 Å². The third-order valence-electron chi connectivity index (χ3n) is 7.65. The first-order chi connectivity index (χ1) is 21.2. The van der Waals surface area contributed by atoms with Gasteiger partial charge in [-0.1, -0.05) is 54.6 Å². The quantitative estimate of drug-likeness (QED) is 0.142. The van der Waals surface area contributed by atoms with Crippen molar-refractivity contribution in [3.8, 4) is 0 Å². The predicted octanol–water partition coefficient (Wildman–Crippen LogP) is 6.88. The lowest BCUT2D eigenvalue weighted by Crippen LogP contribution is -2.42. The first-order valence-electron chi connectivity index (χ1n) is 14.0. The normalized spacial score (nSPS) is 16.6. The van der Waals surface area contributed by atoms with Gasteiger partial charge >= 0.3 is 6.09 Å². The lowest BCUT2D eigenvalue weighted by molar-refractivity contribution is -0.384. The number of non-ortho nitro benzene ring substituents is 1. The molecule has 11 heteroatoms. The zero-order chi connectivity index (χ0) is 31.2. The third-order valence-corrected chi connectivity index (χ3v) is 7.65. The minimum atomic E-state index is -1.07. The van der Waals surface area contributed by atoms with Crippen molar-refractivity contribution in [1.29, 1.82) is 0 Å². The molecule has 1 fully saturated rings. The number of anilines is 1. The van der Waals surface area contributed by atoms with Crippen molar-refractivity contribution in [2.75, 3.05) is 11.9 Å². The number of ether oxygens (including phenoxy) is 1. The number of rotatable bonds is 11. The maximum absolute atomic E-state index is 14.5. The summed E-state index contributed by atoms with van der Waals surface area (Å²) in [7, 11) is 0. The van der Waals surface area contributed by atoms with Crippen LogP contribution in [0, 0.1) is 27.7 Å². The maximum atomic E-state index is 14.5. The Morgan fingerprint density at radius 3 is 2.11 bits per heavy atom. The SMILES string of the molecule is O=C1OC[C@H](c2ccccc2)N1C(=O)[C@H](CC[C@H](O)c1ccc(F)cc1)[C@@H](Nc1ccc(F)cc1)c1ccc([N+](=O)[O-])cc1. The summed E-state index contributed by atoms with van der Waals surface area (Å²) >= 11 is 0. The largest absolute Gasteiger partial charge is 0.446 e. The fraction of sp³-hybridized carbons (Fsp3) is 0.212. The number of aliphatic hydroxyl groups is 1. The highest BCUT2D eigenvalue weighted by Gasteiger charge is 2.44. The third kappa shape index (κ3) is 6.90. The number of benzene rings is 4. The van der Waals surface area contributed by atoms with E-state index in [1.807, 2.05) is 6.07 Å². The van der Waals surface area contributed by atoms with Crippen molar-refractivity contribution in [3.63, 3.8) is 0 Å². The molecule has 0 spiro atoms. The molecule has 9 nitrogen and oxygen atoms in total. The van der Waals surface area contributed by atoms with Gasteiger partial charge in [0.1, 0.15) is 24.3 Å². The predicted molar refractivity (Wildman–Crippen MR) is 157 cm³/mol. The molecule has 4 aromatic rings. The van der Waals surface area contributed by atoms with Gasteiger partial charge in [0.15, 0.2) is 0 Å². The van der Waals surface area contributed by atoms with E-state index in [0.29, 0.717) is 22.4 Å². The molecule has 2 amide bonds. The van der Waals surface area contributed by atoms with E-state index in [1.165, 1.54) is 72.8 Å². The van der Waals surface area contributed by atoms with Crippen LogP contribution in [0.15, 0.2) is 103 Å². The van der Waals surface area contributed by atoms with Gasteiger partial charge in [0.25, 0.3) is 5.69 Å². The molecule has 4 aromatic carbocycles. The van der Waals surface area contributed by atoms with Gasteiger partial charge in [-0.2, -0.15) is 0 Å². The molecule has 4 atom stereocenters. The summed E-state index contributed by atoms with van der Waals surface area (Å²) in [6, 6.07) is 23.8. The van der Waals surface area contributed by atoms with E-state index >= 15 is 0 Å². The molecule has 1 aliphatic heterocycles. The van der Waals surface area contributed by atoms with Crippen LogP contribution in [0.5, 0.6) is 0 Å². The average Bonchev–Trinajstić information content (AvgIpc) is 3.43. The number of amides is 2. The van der Waals surface area contributed by atoms with Crippen LogP contribution >= 0.6 is 0 Å². The maximum Gasteiger partial charge on any atom is 0.417 e. The number of cyclic esters (lactones) is 1. The fourth-order valence-electron chi connectivity index (χ4n) is 5.33. The highest BCUT2D eigenvalue weighted by atomic mass is 19.1. The second kappa shape index (κ2) is 13.4. The van der Waals surface area contributed by atoms with Crippen molar-refractivity contribution in [3.05, 3.63) is 142 Å². The van der Waals surface area contributed by atoms with E-state index in [9.17, 15) is 33.6 Å². The van der Waals surface area contributed by atoms with Crippen molar-refractivity contribution in [1.82, 2.24) is 4.90 Å². The van der Waals surface area contributed by atoms with Gasteiger partial charge in [-0.05, 0) is 65.9 Å². The Hall–Kier alpha value is -5.16. The van der Waals surface area contributed by atoms with Crippen LogP contribution in [0.25, 0.3) is 0 Å². The van der Waals surface area contributed by atoms with Crippen molar-refractivity contribution >= 4 is 23.4 Å². The van der Waals surface area contributed by atoms with Crippen LogP contribution < -0.4 is 5.32 Å². The minimum Gasteiger partial charge on any atom is -0.446 e. The van der Waals surface area contributed by atoms with E-state index in [2.05, 4.69) is 5.32 Å². The number of imide groups is 1. The van der Waals surface area contributed by atoms with Crippen molar-refractivity contribution in [2.45, 2.75) is 31.0 Å². The Kier molecular flexibility index (Phi) is 9.25. The van der Waals surface area contributed by atoms with Crippen LogP contribution in [0.1, 0.15) is 47.7 Å². The number of aliphatic hydroxyl groups excluding tert-OH is 1.